The van der Waals surface area contributed by atoms with E-state index < -0.39 is 0 Å². The Balaban J connectivity index is 3.10. The van der Waals surface area contributed by atoms with Crippen molar-refractivity contribution in [3.8, 4) is 11.5 Å². The van der Waals surface area contributed by atoms with E-state index in [0.717, 1.165) is 18.0 Å². The molecule has 0 fully saturated rings. The fourth-order valence-electron chi connectivity index (χ4n) is 1.28. The van der Waals surface area contributed by atoms with Gasteiger partial charge in [-0.05, 0) is 18.6 Å². The van der Waals surface area contributed by atoms with Gasteiger partial charge in [-0.2, -0.15) is 0 Å². The zero-order chi connectivity index (χ0) is 12.0. The molecule has 0 aliphatic rings. The molecular weight excluding hydrogens is 272 g/mol. The van der Waals surface area contributed by atoms with E-state index in [-0.39, 0.29) is 5.75 Å². The van der Waals surface area contributed by atoms with Crippen molar-refractivity contribution in [2.24, 2.45) is 0 Å². The van der Waals surface area contributed by atoms with E-state index in [2.05, 4.69) is 15.9 Å². The van der Waals surface area contributed by atoms with Gasteiger partial charge in [-0.1, -0.05) is 28.1 Å². The van der Waals surface area contributed by atoms with Gasteiger partial charge in [0.1, 0.15) is 6.29 Å². The Kier molecular flexibility index (Phi) is 5.05. The van der Waals surface area contributed by atoms with Gasteiger partial charge in [0.2, 0.25) is 0 Å². The van der Waals surface area contributed by atoms with Crippen LogP contribution in [-0.4, -0.2) is 23.8 Å². The lowest BCUT2D eigenvalue weighted by molar-refractivity contribution is 0.112. The molecule has 4 heteroatoms. The number of hydrogen-bond donors (Lipinski definition) is 1. The van der Waals surface area contributed by atoms with Crippen molar-refractivity contribution < 1.29 is 14.6 Å². The second-order valence-corrected chi connectivity index (χ2v) is 3.95. The highest BCUT2D eigenvalue weighted by Crippen LogP contribution is 2.31. The Hall–Kier alpha value is -1.29. The van der Waals surface area contributed by atoms with Crippen molar-refractivity contribution in [2.45, 2.75) is 6.42 Å². The number of benzene rings is 1. The lowest BCUT2D eigenvalue weighted by Gasteiger charge is -2.07. The van der Waals surface area contributed by atoms with Gasteiger partial charge in [0.05, 0.1) is 7.11 Å². The standard InChI is InChI=1S/C12H13BrO3/c1-16-11-7-9(8-14)6-10(12(11)15)4-2-3-5-13/h2,4,6-8,15H,3,5H2,1H3. The zero-order valence-corrected chi connectivity index (χ0v) is 10.5. The van der Waals surface area contributed by atoms with Gasteiger partial charge >= 0.3 is 0 Å². The van der Waals surface area contributed by atoms with Gasteiger partial charge < -0.3 is 9.84 Å². The predicted octanol–water partition coefficient (Wildman–Crippen LogP) is 3.01. The predicted molar refractivity (Wildman–Crippen MR) is 67.5 cm³/mol. The molecule has 86 valence electrons. The molecule has 3 nitrogen and oxygen atoms in total. The Bertz CT molecular complexity index is 399. The maximum Gasteiger partial charge on any atom is 0.165 e. The molecule has 0 saturated carbocycles. The highest BCUT2D eigenvalue weighted by Gasteiger charge is 2.07. The minimum Gasteiger partial charge on any atom is -0.504 e. The fourth-order valence-corrected chi connectivity index (χ4v) is 1.54. The number of alkyl halides is 1. The van der Waals surface area contributed by atoms with Crippen LogP contribution in [0.3, 0.4) is 0 Å². The van der Waals surface area contributed by atoms with E-state index >= 15 is 0 Å². The van der Waals surface area contributed by atoms with E-state index in [1.54, 1.807) is 12.1 Å². The van der Waals surface area contributed by atoms with Crippen molar-refractivity contribution in [3.63, 3.8) is 0 Å². The number of rotatable bonds is 5. The molecular formula is C12H13BrO3. The van der Waals surface area contributed by atoms with Gasteiger partial charge in [-0.25, -0.2) is 0 Å². The van der Waals surface area contributed by atoms with Crippen molar-refractivity contribution >= 4 is 28.3 Å². The van der Waals surface area contributed by atoms with Gasteiger partial charge in [-0.15, -0.1) is 0 Å². The molecule has 1 aromatic rings. The second-order valence-electron chi connectivity index (χ2n) is 3.16. The first kappa shape index (κ1) is 12.8. The Morgan fingerprint density at radius 2 is 2.25 bits per heavy atom. The number of methoxy groups -OCH3 is 1. The van der Waals surface area contributed by atoms with Gasteiger partial charge in [0, 0.05) is 16.5 Å². The summed E-state index contributed by atoms with van der Waals surface area (Å²) in [6, 6.07) is 3.12. The quantitative estimate of drug-likeness (QED) is 0.668. The molecule has 0 atom stereocenters. The van der Waals surface area contributed by atoms with E-state index in [1.165, 1.54) is 13.2 Å². The molecule has 0 bridgehead atoms. The third-order valence-electron chi connectivity index (χ3n) is 2.06. The molecule has 0 amide bonds. The molecule has 16 heavy (non-hydrogen) atoms. The van der Waals surface area contributed by atoms with Crippen LogP contribution in [0, 0.1) is 0 Å². The summed E-state index contributed by atoms with van der Waals surface area (Å²) >= 11 is 3.30. The Morgan fingerprint density at radius 3 is 2.81 bits per heavy atom. The van der Waals surface area contributed by atoms with Crippen molar-refractivity contribution in [3.05, 3.63) is 29.3 Å². The van der Waals surface area contributed by atoms with Crippen LogP contribution in [0.2, 0.25) is 0 Å². The number of carbonyl (C=O) groups excluding carboxylic acids is 1. The maximum atomic E-state index is 10.7. The third-order valence-corrected chi connectivity index (χ3v) is 2.51. The minimum absolute atomic E-state index is 0.0546. The van der Waals surface area contributed by atoms with Gasteiger partial charge in [-0.3, -0.25) is 4.79 Å². The number of aldehydes is 1. The molecule has 0 spiro atoms. The lowest BCUT2D eigenvalue weighted by Crippen LogP contribution is -1.89. The highest BCUT2D eigenvalue weighted by atomic mass is 79.9. The van der Waals surface area contributed by atoms with Crippen LogP contribution < -0.4 is 4.74 Å². The monoisotopic (exact) mass is 284 g/mol. The van der Waals surface area contributed by atoms with Crippen molar-refractivity contribution in [1.29, 1.82) is 0 Å². The SMILES string of the molecule is COc1cc(C=O)cc(C=CCCBr)c1O. The first-order chi connectivity index (χ1) is 7.72. The molecule has 0 heterocycles. The second kappa shape index (κ2) is 6.33. The molecule has 0 saturated heterocycles. The average molecular weight is 285 g/mol. The topological polar surface area (TPSA) is 46.5 Å². The molecule has 0 aliphatic heterocycles. The van der Waals surface area contributed by atoms with Crippen LogP contribution >= 0.6 is 15.9 Å². The molecule has 1 rings (SSSR count). The van der Waals surface area contributed by atoms with E-state index in [4.69, 9.17) is 4.74 Å². The summed E-state index contributed by atoms with van der Waals surface area (Å²) in [4.78, 5) is 10.7. The number of halogens is 1. The summed E-state index contributed by atoms with van der Waals surface area (Å²) in [5.74, 6) is 0.363. The zero-order valence-electron chi connectivity index (χ0n) is 8.94. The number of phenols is 1. The first-order valence-electron chi connectivity index (χ1n) is 4.81. The van der Waals surface area contributed by atoms with Crippen LogP contribution in [0.25, 0.3) is 6.08 Å². The maximum absolute atomic E-state index is 10.7. The minimum atomic E-state index is 0.0546. The number of aromatic hydroxyl groups is 1. The van der Waals surface area contributed by atoms with Crippen molar-refractivity contribution in [1.82, 2.24) is 0 Å². The smallest absolute Gasteiger partial charge is 0.165 e. The normalized spacial score (nSPS) is 10.6. The molecule has 0 aliphatic carbocycles. The highest BCUT2D eigenvalue weighted by molar-refractivity contribution is 9.09. The first-order valence-corrected chi connectivity index (χ1v) is 5.93. The summed E-state index contributed by atoms with van der Waals surface area (Å²) in [5, 5.41) is 10.7. The lowest BCUT2D eigenvalue weighted by atomic mass is 10.1. The summed E-state index contributed by atoms with van der Waals surface area (Å²) in [6.07, 6.45) is 5.26. The largest absolute Gasteiger partial charge is 0.504 e. The average Bonchev–Trinajstić information content (AvgIpc) is 2.31. The van der Waals surface area contributed by atoms with Crippen LogP contribution in [0.15, 0.2) is 18.2 Å². The van der Waals surface area contributed by atoms with Crippen LogP contribution in [0.5, 0.6) is 11.5 Å². The third kappa shape index (κ3) is 3.10. The Labute approximate surface area is 103 Å². The summed E-state index contributed by atoms with van der Waals surface area (Å²) in [7, 11) is 1.45. The molecule has 0 unspecified atom stereocenters. The molecule has 0 radical (unpaired) electrons. The molecule has 1 N–H and O–H groups in total. The van der Waals surface area contributed by atoms with Crippen molar-refractivity contribution in [2.75, 3.05) is 12.4 Å². The van der Waals surface area contributed by atoms with Crippen LogP contribution in [0.1, 0.15) is 22.3 Å². The van der Waals surface area contributed by atoms with Crippen LogP contribution in [-0.2, 0) is 0 Å². The van der Waals surface area contributed by atoms with E-state index in [9.17, 15) is 9.90 Å². The summed E-state index contributed by atoms with van der Waals surface area (Å²) < 4.78 is 4.98. The number of ether oxygens (including phenoxy) is 1. The van der Waals surface area contributed by atoms with Gasteiger partial charge in [0.15, 0.2) is 11.5 Å². The number of phenolic OH excluding ortho intramolecular Hbond substituents is 1. The van der Waals surface area contributed by atoms with E-state index in [1.807, 2.05) is 6.08 Å². The number of carbonyl (C=O) groups is 1. The molecule has 0 aromatic heterocycles. The summed E-state index contributed by atoms with van der Waals surface area (Å²) in [6.45, 7) is 0. The van der Waals surface area contributed by atoms with Crippen LogP contribution in [0.4, 0.5) is 0 Å². The van der Waals surface area contributed by atoms with E-state index in [0.29, 0.717) is 16.9 Å². The fraction of sp³-hybridized carbons (Fsp3) is 0.250. The Morgan fingerprint density at radius 1 is 1.50 bits per heavy atom. The summed E-state index contributed by atoms with van der Waals surface area (Å²) in [5.41, 5.74) is 1.07. The number of allylic oxidation sites excluding steroid dienone is 1. The molecule has 1 aromatic carbocycles. The number of hydrogen-bond acceptors (Lipinski definition) is 3. The van der Waals surface area contributed by atoms with Gasteiger partial charge in [0.25, 0.3) is 0 Å².